The number of hydrogen-bond donors (Lipinski definition) is 5. The molecule has 0 radical (unpaired) electrons. The summed E-state index contributed by atoms with van der Waals surface area (Å²) in [5.74, 6) is 0.765. The smallest absolute Gasteiger partial charge is 0.246 e. The number of aromatic nitrogens is 5. The number of amides is 3. The lowest BCUT2D eigenvalue weighted by atomic mass is 9.78. The van der Waals surface area contributed by atoms with Crippen LogP contribution in [0.1, 0.15) is 103 Å². The first-order valence-electron chi connectivity index (χ1n) is 24.9. The Balaban J connectivity index is 0.720. The lowest BCUT2D eigenvalue weighted by molar-refractivity contribution is -0.144. The van der Waals surface area contributed by atoms with E-state index in [1.807, 2.05) is 92.7 Å². The summed E-state index contributed by atoms with van der Waals surface area (Å²) < 4.78 is 2.01. The number of likely N-dealkylation sites (tertiary alicyclic amines) is 2. The van der Waals surface area contributed by atoms with E-state index < -0.39 is 23.6 Å². The highest BCUT2D eigenvalue weighted by molar-refractivity contribution is 7.13. The van der Waals surface area contributed by atoms with Crippen LogP contribution in [-0.4, -0.2) is 107 Å². The van der Waals surface area contributed by atoms with Crippen molar-refractivity contribution in [1.29, 1.82) is 0 Å². The SMILES string of the molecule is Cc1ncsc1-c1ccc(CNC(=O)[C@@H]2C[C@@H](O)CN2C(=O)[C@@H](NC(=O)[C@H]2CC[C@@H](CCCCCN3CCC(Cn4cc(-c5cc(-c6ccccc6O)nnc5N)cn4)CC3)CC2)C(C)(C)C)cc1. The van der Waals surface area contributed by atoms with Crippen molar-refractivity contribution in [3.8, 4) is 38.6 Å². The predicted molar refractivity (Wildman–Crippen MR) is 269 cm³/mol. The zero-order valence-electron chi connectivity index (χ0n) is 40.6. The lowest BCUT2D eigenvalue weighted by Crippen LogP contribution is -2.58. The number of carbonyl (C=O) groups is 3. The van der Waals surface area contributed by atoms with E-state index in [9.17, 15) is 24.6 Å². The third-order valence-electron chi connectivity index (χ3n) is 14.6. The Hall–Kier alpha value is -5.71. The van der Waals surface area contributed by atoms with Gasteiger partial charge in [0.15, 0.2) is 5.82 Å². The van der Waals surface area contributed by atoms with E-state index in [1.54, 1.807) is 23.5 Å². The fraction of sp³-hybridized carbons (Fsp3) is 0.528. The number of phenolic OH excluding ortho intramolecular Hbond substituents is 1. The number of nitrogens with zero attached hydrogens (tertiary/aromatic N) is 7. The molecule has 16 heteroatoms. The molecule has 6 N–H and O–H groups in total. The first kappa shape index (κ1) is 49.7. The topological polar surface area (TPSA) is 205 Å². The van der Waals surface area contributed by atoms with Crippen LogP contribution in [0.2, 0.25) is 0 Å². The number of piperidine rings is 1. The highest BCUT2D eigenvalue weighted by atomic mass is 32.1. The summed E-state index contributed by atoms with van der Waals surface area (Å²) in [5, 5.41) is 40.1. The van der Waals surface area contributed by atoms with Crippen molar-refractivity contribution in [2.24, 2.45) is 23.2 Å². The summed E-state index contributed by atoms with van der Waals surface area (Å²) in [6.45, 7) is 12.3. The van der Waals surface area contributed by atoms with Crippen molar-refractivity contribution in [2.45, 2.75) is 130 Å². The standard InChI is InChI=1S/C53H70N10O5S/c1-34-47(69-33-56-34)38-17-15-36(16-18-38)28-55-51(67)45-26-41(64)32-63(45)52(68)48(53(2,3)4)58-50(66)39-19-13-35(14-20-39)10-6-5-9-23-61-24-21-37(22-25-61)30-62-31-40(29-57-62)43-27-44(59-60-49(43)54)42-11-7-8-12-46(42)65/h7-8,11-12,15-18,27,29,31,33,35,37,39,41,45,48,64-65H,5-6,9-10,13-14,19-26,28,30,32H2,1-4H3,(H2,54,60)(H,55,67)(H,58,66)/t35-,39+,41-,45+,48-/m1/s1. The number of anilines is 1. The number of carbonyl (C=O) groups excluding carboxylic acids is 3. The molecule has 15 nitrogen and oxygen atoms in total. The maximum absolute atomic E-state index is 14.2. The number of para-hydroxylation sites is 1. The van der Waals surface area contributed by atoms with Gasteiger partial charge in [0.2, 0.25) is 17.7 Å². The second-order valence-electron chi connectivity index (χ2n) is 20.7. The molecule has 0 unspecified atom stereocenters. The first-order chi connectivity index (χ1) is 33.2. The first-order valence-corrected chi connectivity index (χ1v) is 25.8. The Morgan fingerprint density at radius 3 is 2.36 bits per heavy atom. The third kappa shape index (κ3) is 12.6. The zero-order valence-corrected chi connectivity index (χ0v) is 41.5. The Morgan fingerprint density at radius 1 is 0.899 bits per heavy atom. The molecule has 0 bridgehead atoms. The summed E-state index contributed by atoms with van der Waals surface area (Å²) in [5.41, 5.74) is 13.2. The van der Waals surface area contributed by atoms with Gasteiger partial charge in [-0.1, -0.05) is 76.4 Å². The van der Waals surface area contributed by atoms with Crippen LogP contribution in [0.4, 0.5) is 5.82 Å². The van der Waals surface area contributed by atoms with E-state index in [0.717, 1.165) is 97.5 Å². The number of nitrogen functional groups attached to an aromatic ring is 1. The monoisotopic (exact) mass is 959 g/mol. The Labute approximate surface area is 410 Å². The molecule has 1 saturated carbocycles. The number of hydrogen-bond acceptors (Lipinski definition) is 12. The van der Waals surface area contributed by atoms with Crippen LogP contribution in [0.25, 0.3) is 32.8 Å². The Kier molecular flexibility index (Phi) is 16.1. The molecule has 0 spiro atoms. The lowest BCUT2D eigenvalue weighted by Gasteiger charge is -2.37. The highest BCUT2D eigenvalue weighted by Gasteiger charge is 2.45. The quantitative estimate of drug-likeness (QED) is 0.0574. The number of aliphatic hydroxyl groups is 1. The molecule has 69 heavy (non-hydrogen) atoms. The molecule has 5 aromatic rings. The molecule has 368 valence electrons. The number of nitrogens with one attached hydrogen (secondary N) is 2. The number of aromatic hydroxyl groups is 1. The van der Waals surface area contributed by atoms with Crippen LogP contribution in [-0.2, 0) is 27.5 Å². The van der Waals surface area contributed by atoms with E-state index >= 15 is 0 Å². The van der Waals surface area contributed by atoms with Crippen LogP contribution in [0.15, 0.2) is 72.5 Å². The third-order valence-corrected chi connectivity index (χ3v) is 15.6. The van der Waals surface area contributed by atoms with E-state index in [1.165, 1.54) is 30.6 Å². The number of aliphatic hydroxyl groups excluding tert-OH is 1. The fourth-order valence-corrected chi connectivity index (χ4v) is 11.2. The number of aryl methyl sites for hydroxylation is 1. The minimum atomic E-state index is -0.828. The van der Waals surface area contributed by atoms with E-state index in [0.29, 0.717) is 35.5 Å². The minimum Gasteiger partial charge on any atom is -0.507 e. The van der Waals surface area contributed by atoms with Gasteiger partial charge in [-0.3, -0.25) is 19.1 Å². The van der Waals surface area contributed by atoms with Crippen LogP contribution in [0.3, 0.4) is 0 Å². The molecule has 2 aromatic carbocycles. The maximum atomic E-state index is 14.2. The summed E-state index contributed by atoms with van der Waals surface area (Å²) in [4.78, 5) is 51.1. The zero-order chi connectivity index (χ0) is 48.7. The van der Waals surface area contributed by atoms with Gasteiger partial charge < -0.3 is 36.4 Å². The number of thiazole rings is 1. The summed E-state index contributed by atoms with van der Waals surface area (Å²) in [6.07, 6.45) is 13.9. The number of β-amino-alcohol motifs (C(OH)–C–C–N with tert-alkyl or cyclic N) is 1. The Bertz CT molecular complexity index is 2520. The molecule has 3 atom stereocenters. The molecule has 3 fully saturated rings. The van der Waals surface area contributed by atoms with Gasteiger partial charge in [0.1, 0.15) is 17.8 Å². The van der Waals surface area contributed by atoms with Crippen LogP contribution < -0.4 is 16.4 Å². The number of rotatable bonds is 17. The van der Waals surface area contributed by atoms with Crippen molar-refractivity contribution < 1.29 is 24.6 Å². The van der Waals surface area contributed by atoms with Gasteiger partial charge in [-0.15, -0.1) is 21.5 Å². The molecule has 1 aliphatic carbocycles. The van der Waals surface area contributed by atoms with Gasteiger partial charge in [0.05, 0.1) is 34.1 Å². The van der Waals surface area contributed by atoms with Crippen molar-refractivity contribution in [2.75, 3.05) is 31.9 Å². The number of nitrogens with two attached hydrogens (primary N) is 1. The number of phenols is 1. The second-order valence-corrected chi connectivity index (χ2v) is 21.6. The van der Waals surface area contributed by atoms with Gasteiger partial charge in [-0.05, 0) is 118 Å². The van der Waals surface area contributed by atoms with Crippen LogP contribution in [0, 0.1) is 30.1 Å². The minimum absolute atomic E-state index is 0.0510. The number of benzene rings is 2. The van der Waals surface area contributed by atoms with Crippen LogP contribution >= 0.6 is 11.3 Å². The van der Waals surface area contributed by atoms with Gasteiger partial charge in [-0.2, -0.15) is 5.10 Å². The molecular weight excluding hydrogens is 889 g/mol. The van der Waals surface area contributed by atoms with Gasteiger partial charge in [0.25, 0.3) is 0 Å². The second kappa shape index (κ2) is 22.4. The summed E-state index contributed by atoms with van der Waals surface area (Å²) in [6, 6.07) is 15.3. The van der Waals surface area contributed by atoms with Gasteiger partial charge in [-0.25, -0.2) is 4.98 Å². The van der Waals surface area contributed by atoms with E-state index in [2.05, 4.69) is 35.8 Å². The normalized spacial score (nSPS) is 20.7. The predicted octanol–water partition coefficient (Wildman–Crippen LogP) is 7.61. The van der Waals surface area contributed by atoms with Gasteiger partial charge >= 0.3 is 0 Å². The molecular formula is C53H70N10O5S. The number of unbranched alkanes of at least 4 members (excludes halogenated alkanes) is 2. The largest absolute Gasteiger partial charge is 0.507 e. The molecule has 8 rings (SSSR count). The van der Waals surface area contributed by atoms with Gasteiger partial charge in [0, 0.05) is 54.9 Å². The maximum Gasteiger partial charge on any atom is 0.246 e. The van der Waals surface area contributed by atoms with Crippen molar-refractivity contribution in [1.82, 2.24) is 45.4 Å². The van der Waals surface area contributed by atoms with Crippen molar-refractivity contribution >= 4 is 34.9 Å². The van der Waals surface area contributed by atoms with Crippen LogP contribution in [0.5, 0.6) is 5.75 Å². The van der Waals surface area contributed by atoms with E-state index in [-0.39, 0.29) is 42.4 Å². The molecule has 2 saturated heterocycles. The molecule has 3 amide bonds. The fourth-order valence-electron chi connectivity index (χ4n) is 10.4. The molecule has 3 aromatic heterocycles. The molecule has 3 aliphatic rings. The summed E-state index contributed by atoms with van der Waals surface area (Å²) in [7, 11) is 0. The Morgan fingerprint density at radius 2 is 1.65 bits per heavy atom. The van der Waals surface area contributed by atoms with Crippen molar-refractivity contribution in [3.63, 3.8) is 0 Å². The molecule has 5 heterocycles. The average molecular weight is 959 g/mol. The molecule has 2 aliphatic heterocycles. The summed E-state index contributed by atoms with van der Waals surface area (Å²) >= 11 is 1.59. The average Bonchev–Trinajstić information content (AvgIpc) is 4.10. The highest BCUT2D eigenvalue weighted by Crippen LogP contribution is 2.35. The van der Waals surface area contributed by atoms with E-state index in [4.69, 9.17) is 5.73 Å². The van der Waals surface area contributed by atoms with Crippen molar-refractivity contribution in [3.05, 3.63) is 83.8 Å².